The maximum absolute atomic E-state index is 13.4. The maximum Gasteiger partial charge on any atom is 0.261 e. The number of benzene rings is 2. The number of halogens is 2. The number of ether oxygens (including phenoxy) is 2. The van der Waals surface area contributed by atoms with Crippen LogP contribution in [0.5, 0.6) is 11.5 Å². The fraction of sp³-hybridized carbons (Fsp3) is 0.0909. The zero-order valence-electron chi connectivity index (χ0n) is 16.7. The first-order valence-corrected chi connectivity index (χ1v) is 9.59. The topological polar surface area (TPSA) is 70.3 Å². The number of anilines is 1. The van der Waals surface area contributed by atoms with Crippen molar-refractivity contribution >= 4 is 23.2 Å². The molecule has 4 aromatic rings. The molecule has 7 nitrogen and oxygen atoms in total. The van der Waals surface area contributed by atoms with Crippen LogP contribution in [0.15, 0.2) is 67.1 Å². The van der Waals surface area contributed by atoms with Gasteiger partial charge in [0.15, 0.2) is 5.82 Å². The lowest BCUT2D eigenvalue weighted by Gasteiger charge is -2.14. The lowest BCUT2D eigenvalue weighted by Crippen LogP contribution is -2.16. The molecule has 0 spiro atoms. The molecule has 0 aliphatic carbocycles. The molecule has 0 saturated heterocycles. The largest absolute Gasteiger partial charge is 0.495 e. The van der Waals surface area contributed by atoms with E-state index in [1.54, 1.807) is 45.9 Å². The van der Waals surface area contributed by atoms with Crippen molar-refractivity contribution in [1.29, 1.82) is 0 Å². The Morgan fingerprint density at radius 1 is 1.06 bits per heavy atom. The van der Waals surface area contributed by atoms with Crippen LogP contribution in [-0.4, -0.2) is 34.5 Å². The molecule has 0 fully saturated rings. The summed E-state index contributed by atoms with van der Waals surface area (Å²) in [6, 6.07) is 12.6. The van der Waals surface area contributed by atoms with Gasteiger partial charge in [0, 0.05) is 18.5 Å². The van der Waals surface area contributed by atoms with Crippen LogP contribution < -0.4 is 14.8 Å². The van der Waals surface area contributed by atoms with E-state index >= 15 is 0 Å². The smallest absolute Gasteiger partial charge is 0.261 e. The molecule has 0 saturated carbocycles. The van der Waals surface area contributed by atoms with E-state index in [-0.39, 0.29) is 5.82 Å². The van der Waals surface area contributed by atoms with Crippen LogP contribution in [0.25, 0.3) is 11.5 Å². The molecule has 4 rings (SSSR count). The van der Waals surface area contributed by atoms with Gasteiger partial charge in [-0.15, -0.1) is 0 Å². The van der Waals surface area contributed by atoms with E-state index in [0.29, 0.717) is 39.3 Å². The molecule has 0 aliphatic heterocycles. The van der Waals surface area contributed by atoms with Gasteiger partial charge < -0.3 is 19.4 Å². The lowest BCUT2D eigenvalue weighted by molar-refractivity contribution is 0.102. The van der Waals surface area contributed by atoms with Crippen molar-refractivity contribution < 1.29 is 18.7 Å². The molecule has 0 radical (unpaired) electrons. The number of hydrogen-bond donors (Lipinski definition) is 1. The molecule has 158 valence electrons. The molecule has 0 unspecified atom stereocenters. The summed E-state index contributed by atoms with van der Waals surface area (Å²) in [5.74, 6) is 0.529. The Labute approximate surface area is 182 Å². The van der Waals surface area contributed by atoms with Gasteiger partial charge in [-0.25, -0.2) is 9.07 Å². The van der Waals surface area contributed by atoms with Gasteiger partial charge >= 0.3 is 0 Å². The second-order valence-electron chi connectivity index (χ2n) is 6.50. The predicted molar refractivity (Wildman–Crippen MR) is 115 cm³/mol. The van der Waals surface area contributed by atoms with E-state index in [4.69, 9.17) is 21.1 Å². The van der Waals surface area contributed by atoms with Gasteiger partial charge in [-0.1, -0.05) is 11.6 Å². The van der Waals surface area contributed by atoms with E-state index in [1.807, 2.05) is 12.1 Å². The van der Waals surface area contributed by atoms with Crippen LogP contribution in [-0.2, 0) is 0 Å². The van der Waals surface area contributed by atoms with E-state index < -0.39 is 5.91 Å². The summed E-state index contributed by atoms with van der Waals surface area (Å²) >= 11 is 6.21. The third kappa shape index (κ3) is 3.97. The zero-order valence-corrected chi connectivity index (χ0v) is 17.4. The molecular formula is C22H18ClFN4O3. The standard InChI is InChI=1S/C22H18ClFN4O3/c1-30-19-12-20(31-2)18(11-17(19)23)26-21(29)16-13-25-28(15-7-5-14(24)6-8-15)22(16)27-9-3-4-10-27/h3-13H,1-2H3,(H,26,29). The highest BCUT2D eigenvalue weighted by Crippen LogP contribution is 2.36. The van der Waals surface area contributed by atoms with E-state index in [9.17, 15) is 9.18 Å². The molecule has 9 heteroatoms. The van der Waals surface area contributed by atoms with Gasteiger partial charge in [0.25, 0.3) is 5.91 Å². The molecule has 31 heavy (non-hydrogen) atoms. The number of carbonyl (C=O) groups excluding carboxylic acids is 1. The van der Waals surface area contributed by atoms with Crippen molar-refractivity contribution in [2.24, 2.45) is 0 Å². The molecule has 0 bridgehead atoms. The fourth-order valence-electron chi connectivity index (χ4n) is 3.14. The average Bonchev–Trinajstić information content (AvgIpc) is 3.44. The number of aromatic nitrogens is 3. The summed E-state index contributed by atoms with van der Waals surface area (Å²) in [7, 11) is 2.97. The summed E-state index contributed by atoms with van der Waals surface area (Å²) in [6.45, 7) is 0. The van der Waals surface area contributed by atoms with Crippen molar-refractivity contribution in [2.75, 3.05) is 19.5 Å². The monoisotopic (exact) mass is 440 g/mol. The van der Waals surface area contributed by atoms with E-state index in [0.717, 1.165) is 0 Å². The van der Waals surface area contributed by atoms with Crippen LogP contribution in [0.3, 0.4) is 0 Å². The molecule has 0 aliphatic rings. The highest BCUT2D eigenvalue weighted by atomic mass is 35.5. The minimum atomic E-state index is -0.420. The van der Waals surface area contributed by atoms with Gasteiger partial charge in [0.2, 0.25) is 0 Å². The van der Waals surface area contributed by atoms with Crippen molar-refractivity contribution in [3.8, 4) is 23.0 Å². The maximum atomic E-state index is 13.4. The Bertz CT molecular complexity index is 1220. The second-order valence-corrected chi connectivity index (χ2v) is 6.91. The number of nitrogens with one attached hydrogen (secondary N) is 1. The number of nitrogens with zero attached hydrogens (tertiary/aromatic N) is 3. The van der Waals surface area contributed by atoms with Crippen molar-refractivity contribution in [1.82, 2.24) is 14.3 Å². The summed E-state index contributed by atoms with van der Waals surface area (Å²) < 4.78 is 27.2. The summed E-state index contributed by atoms with van der Waals surface area (Å²) in [6.07, 6.45) is 5.03. The first-order valence-electron chi connectivity index (χ1n) is 9.22. The van der Waals surface area contributed by atoms with Crippen LogP contribution in [0.4, 0.5) is 10.1 Å². The number of amides is 1. The quantitative estimate of drug-likeness (QED) is 0.470. The molecule has 1 N–H and O–H groups in total. The SMILES string of the molecule is COc1cc(OC)c(NC(=O)c2cnn(-c3ccc(F)cc3)c2-n2cccc2)cc1Cl. The Morgan fingerprint density at radius 3 is 2.39 bits per heavy atom. The number of rotatable bonds is 6. The zero-order chi connectivity index (χ0) is 22.0. The molecule has 1 amide bonds. The molecule has 2 aromatic carbocycles. The minimum Gasteiger partial charge on any atom is -0.495 e. The highest BCUT2D eigenvalue weighted by Gasteiger charge is 2.22. The van der Waals surface area contributed by atoms with Crippen LogP contribution in [0.2, 0.25) is 5.02 Å². The van der Waals surface area contributed by atoms with E-state index in [2.05, 4.69) is 10.4 Å². The van der Waals surface area contributed by atoms with E-state index in [1.165, 1.54) is 32.5 Å². The lowest BCUT2D eigenvalue weighted by atomic mass is 10.2. The van der Waals surface area contributed by atoms with Crippen molar-refractivity contribution in [2.45, 2.75) is 0 Å². The highest BCUT2D eigenvalue weighted by molar-refractivity contribution is 6.32. The van der Waals surface area contributed by atoms with Gasteiger partial charge in [-0.3, -0.25) is 4.79 Å². The fourth-order valence-corrected chi connectivity index (χ4v) is 3.39. The predicted octanol–water partition coefficient (Wildman–Crippen LogP) is 4.73. The van der Waals surface area contributed by atoms with Crippen LogP contribution in [0.1, 0.15) is 10.4 Å². The molecule has 2 heterocycles. The first-order chi connectivity index (χ1) is 15.0. The molecular weight excluding hydrogens is 423 g/mol. The number of methoxy groups -OCH3 is 2. The van der Waals surface area contributed by atoms with Gasteiger partial charge in [0.1, 0.15) is 22.9 Å². The normalized spacial score (nSPS) is 10.7. The first kappa shape index (κ1) is 20.5. The summed E-state index contributed by atoms with van der Waals surface area (Å²) in [5, 5.41) is 7.50. The Hall–Kier alpha value is -3.78. The van der Waals surface area contributed by atoms with Gasteiger partial charge in [-0.05, 0) is 42.5 Å². The molecule has 2 aromatic heterocycles. The van der Waals surface area contributed by atoms with Crippen LogP contribution >= 0.6 is 11.6 Å². The second kappa shape index (κ2) is 8.53. The van der Waals surface area contributed by atoms with Crippen LogP contribution in [0, 0.1) is 5.82 Å². The number of carbonyl (C=O) groups is 1. The summed E-state index contributed by atoms with van der Waals surface area (Å²) in [5.41, 5.74) is 1.29. The Kier molecular flexibility index (Phi) is 5.64. The minimum absolute atomic E-state index is 0.300. The van der Waals surface area contributed by atoms with Gasteiger partial charge in [0.05, 0.1) is 36.8 Å². The Balaban J connectivity index is 1.76. The average molecular weight is 441 g/mol. The van der Waals surface area contributed by atoms with Crippen molar-refractivity contribution in [3.05, 3.63) is 83.5 Å². The van der Waals surface area contributed by atoms with Crippen molar-refractivity contribution in [3.63, 3.8) is 0 Å². The third-order valence-electron chi connectivity index (χ3n) is 4.63. The number of hydrogen-bond acceptors (Lipinski definition) is 4. The van der Waals surface area contributed by atoms with Gasteiger partial charge in [-0.2, -0.15) is 5.10 Å². The molecule has 0 atom stereocenters. The Morgan fingerprint density at radius 2 is 1.74 bits per heavy atom. The summed E-state index contributed by atoms with van der Waals surface area (Å²) in [4.78, 5) is 13.2. The third-order valence-corrected chi connectivity index (χ3v) is 4.93.